The van der Waals surface area contributed by atoms with E-state index < -0.39 is 5.97 Å². The molecule has 0 aliphatic carbocycles. The summed E-state index contributed by atoms with van der Waals surface area (Å²) < 4.78 is 6.43. The summed E-state index contributed by atoms with van der Waals surface area (Å²) in [6, 6.07) is 5.73. The van der Waals surface area contributed by atoms with E-state index in [9.17, 15) is 9.59 Å². The second kappa shape index (κ2) is 5.38. The molecule has 0 atom stereocenters. The second-order valence-electron chi connectivity index (χ2n) is 4.20. The number of aromatic nitrogens is 1. The van der Waals surface area contributed by atoms with Gasteiger partial charge in [-0.3, -0.25) is 9.36 Å². The largest absolute Gasteiger partial charge is 0.495 e. The van der Waals surface area contributed by atoms with Crippen LogP contribution in [0.2, 0.25) is 5.02 Å². The first-order valence-electron chi connectivity index (χ1n) is 5.74. The summed E-state index contributed by atoms with van der Waals surface area (Å²) in [6.07, 6.45) is 1.26. The van der Waals surface area contributed by atoms with Crippen molar-refractivity contribution in [1.29, 1.82) is 0 Å². The summed E-state index contributed by atoms with van der Waals surface area (Å²) >= 11 is 6.01. The third-order valence-electron chi connectivity index (χ3n) is 2.88. The van der Waals surface area contributed by atoms with Crippen molar-refractivity contribution in [2.45, 2.75) is 6.92 Å². The van der Waals surface area contributed by atoms with Gasteiger partial charge < -0.3 is 9.84 Å². The molecular formula is C14H12ClNO4. The molecule has 0 bridgehead atoms. The Morgan fingerprint density at radius 2 is 2.05 bits per heavy atom. The Morgan fingerprint density at radius 1 is 1.35 bits per heavy atom. The SMILES string of the molecule is COc1cc(Cl)c(C)cc1-n1cc(C(=O)O)ccc1=O. The number of hydrogen-bond acceptors (Lipinski definition) is 3. The number of carboxylic acids is 1. The summed E-state index contributed by atoms with van der Waals surface area (Å²) in [5, 5.41) is 9.51. The van der Waals surface area contributed by atoms with Crippen molar-refractivity contribution in [1.82, 2.24) is 4.57 Å². The number of benzene rings is 1. The minimum Gasteiger partial charge on any atom is -0.495 e. The lowest BCUT2D eigenvalue weighted by Crippen LogP contribution is -2.19. The van der Waals surface area contributed by atoms with Crippen molar-refractivity contribution in [2.24, 2.45) is 0 Å². The second-order valence-corrected chi connectivity index (χ2v) is 4.61. The van der Waals surface area contributed by atoms with E-state index in [-0.39, 0.29) is 11.1 Å². The van der Waals surface area contributed by atoms with Crippen LogP contribution in [0.1, 0.15) is 15.9 Å². The van der Waals surface area contributed by atoms with E-state index in [0.717, 1.165) is 5.56 Å². The zero-order valence-electron chi connectivity index (χ0n) is 10.9. The van der Waals surface area contributed by atoms with Gasteiger partial charge in [-0.2, -0.15) is 0 Å². The topological polar surface area (TPSA) is 68.5 Å². The van der Waals surface area contributed by atoms with Crippen LogP contribution < -0.4 is 10.3 Å². The molecule has 0 spiro atoms. The first-order valence-corrected chi connectivity index (χ1v) is 6.12. The molecule has 20 heavy (non-hydrogen) atoms. The Labute approximate surface area is 120 Å². The number of nitrogens with zero attached hydrogens (tertiary/aromatic N) is 1. The Bertz CT molecular complexity index is 736. The van der Waals surface area contributed by atoms with Crippen molar-refractivity contribution in [3.8, 4) is 11.4 Å². The third kappa shape index (κ3) is 2.53. The number of carboxylic acid groups (broad SMARTS) is 1. The van der Waals surface area contributed by atoms with E-state index in [1.54, 1.807) is 19.1 Å². The maximum atomic E-state index is 11.9. The van der Waals surface area contributed by atoms with Gasteiger partial charge in [0.05, 0.1) is 18.4 Å². The van der Waals surface area contributed by atoms with E-state index in [0.29, 0.717) is 16.5 Å². The fraction of sp³-hybridized carbons (Fsp3) is 0.143. The Morgan fingerprint density at radius 3 is 2.65 bits per heavy atom. The maximum absolute atomic E-state index is 11.9. The number of ether oxygens (including phenoxy) is 1. The standard InChI is InChI=1S/C14H12ClNO4/c1-8-5-11(12(20-2)6-10(8)15)16-7-9(14(18)19)3-4-13(16)17/h3-7H,1-2H3,(H,18,19). The number of methoxy groups -OCH3 is 1. The van der Waals surface area contributed by atoms with Gasteiger partial charge in [-0.25, -0.2) is 4.79 Å². The lowest BCUT2D eigenvalue weighted by molar-refractivity contribution is 0.0696. The van der Waals surface area contributed by atoms with Crippen LogP contribution in [0.4, 0.5) is 0 Å². The summed E-state index contributed by atoms with van der Waals surface area (Å²) in [7, 11) is 1.45. The first-order chi connectivity index (χ1) is 9.43. The Kier molecular flexibility index (Phi) is 3.81. The molecule has 2 aromatic rings. The monoisotopic (exact) mass is 293 g/mol. The number of pyridine rings is 1. The predicted molar refractivity (Wildman–Crippen MR) is 75.3 cm³/mol. The molecule has 1 aromatic carbocycles. The van der Waals surface area contributed by atoms with Crippen LogP contribution in [-0.2, 0) is 0 Å². The molecule has 6 heteroatoms. The maximum Gasteiger partial charge on any atom is 0.337 e. The van der Waals surface area contributed by atoms with Crippen LogP contribution in [0.15, 0.2) is 35.3 Å². The minimum absolute atomic E-state index is 0.0132. The number of halogens is 1. The van der Waals surface area contributed by atoms with Gasteiger partial charge in [0.2, 0.25) is 0 Å². The number of carbonyl (C=O) groups is 1. The van der Waals surface area contributed by atoms with Gasteiger partial charge in [-0.15, -0.1) is 0 Å². The molecule has 5 nitrogen and oxygen atoms in total. The fourth-order valence-electron chi connectivity index (χ4n) is 1.80. The number of hydrogen-bond donors (Lipinski definition) is 1. The highest BCUT2D eigenvalue weighted by molar-refractivity contribution is 6.31. The van der Waals surface area contributed by atoms with Gasteiger partial charge in [-0.05, 0) is 24.6 Å². The van der Waals surface area contributed by atoms with Crippen molar-refractivity contribution in [3.63, 3.8) is 0 Å². The lowest BCUT2D eigenvalue weighted by Gasteiger charge is -2.13. The van der Waals surface area contributed by atoms with E-state index in [1.165, 1.54) is 30.0 Å². The third-order valence-corrected chi connectivity index (χ3v) is 3.28. The highest BCUT2D eigenvalue weighted by Gasteiger charge is 2.12. The van der Waals surface area contributed by atoms with Gasteiger partial charge in [-0.1, -0.05) is 11.6 Å². The average Bonchev–Trinajstić information content (AvgIpc) is 2.41. The quantitative estimate of drug-likeness (QED) is 0.944. The van der Waals surface area contributed by atoms with Crippen LogP contribution in [0, 0.1) is 6.92 Å². The smallest absolute Gasteiger partial charge is 0.337 e. The van der Waals surface area contributed by atoms with E-state index in [2.05, 4.69) is 0 Å². The zero-order valence-corrected chi connectivity index (χ0v) is 11.6. The number of aromatic carboxylic acids is 1. The number of rotatable bonds is 3. The average molecular weight is 294 g/mol. The van der Waals surface area contributed by atoms with Crippen LogP contribution in [0.25, 0.3) is 5.69 Å². The molecular weight excluding hydrogens is 282 g/mol. The molecule has 0 amide bonds. The minimum atomic E-state index is -1.11. The van der Waals surface area contributed by atoms with Crippen molar-refractivity contribution < 1.29 is 14.6 Å². The number of aryl methyl sites for hydroxylation is 1. The zero-order chi connectivity index (χ0) is 14.9. The summed E-state index contributed by atoms with van der Waals surface area (Å²) in [5.74, 6) is -0.714. The molecule has 2 rings (SSSR count). The van der Waals surface area contributed by atoms with Gasteiger partial charge in [0.25, 0.3) is 5.56 Å². The highest BCUT2D eigenvalue weighted by atomic mass is 35.5. The summed E-state index contributed by atoms with van der Waals surface area (Å²) in [6.45, 7) is 1.79. The van der Waals surface area contributed by atoms with Gasteiger partial charge in [0.1, 0.15) is 5.75 Å². The van der Waals surface area contributed by atoms with Crippen molar-refractivity contribution in [2.75, 3.05) is 7.11 Å². The van der Waals surface area contributed by atoms with Crippen molar-refractivity contribution in [3.05, 3.63) is 57.0 Å². The molecule has 0 aliphatic rings. The first kappa shape index (κ1) is 14.1. The van der Waals surface area contributed by atoms with Crippen LogP contribution in [0.3, 0.4) is 0 Å². The molecule has 0 radical (unpaired) electrons. The van der Waals surface area contributed by atoms with Crippen LogP contribution in [0.5, 0.6) is 5.75 Å². The Hall–Kier alpha value is -2.27. The van der Waals surface area contributed by atoms with Crippen LogP contribution in [-0.4, -0.2) is 22.8 Å². The summed E-state index contributed by atoms with van der Waals surface area (Å²) in [4.78, 5) is 22.9. The molecule has 1 aromatic heterocycles. The molecule has 0 aliphatic heterocycles. The molecule has 0 fully saturated rings. The molecule has 1 heterocycles. The van der Waals surface area contributed by atoms with Gasteiger partial charge in [0, 0.05) is 23.4 Å². The van der Waals surface area contributed by atoms with E-state index in [4.69, 9.17) is 21.4 Å². The highest BCUT2D eigenvalue weighted by Crippen LogP contribution is 2.29. The lowest BCUT2D eigenvalue weighted by atomic mass is 10.2. The Balaban J connectivity index is 2.73. The van der Waals surface area contributed by atoms with Crippen molar-refractivity contribution >= 4 is 17.6 Å². The van der Waals surface area contributed by atoms with Crippen LogP contribution >= 0.6 is 11.6 Å². The van der Waals surface area contributed by atoms with E-state index >= 15 is 0 Å². The predicted octanol–water partition coefficient (Wildman–Crippen LogP) is 2.51. The van der Waals surface area contributed by atoms with E-state index in [1.807, 2.05) is 0 Å². The molecule has 104 valence electrons. The molecule has 0 saturated carbocycles. The molecule has 1 N–H and O–H groups in total. The van der Waals surface area contributed by atoms with Gasteiger partial charge in [0.15, 0.2) is 0 Å². The van der Waals surface area contributed by atoms with Gasteiger partial charge >= 0.3 is 5.97 Å². The fourth-order valence-corrected chi connectivity index (χ4v) is 1.96. The summed E-state index contributed by atoms with van der Waals surface area (Å²) in [5.41, 5.74) is 0.867. The normalized spacial score (nSPS) is 10.3. The molecule has 0 unspecified atom stereocenters. The molecule has 0 saturated heterocycles.